The van der Waals surface area contributed by atoms with Gasteiger partial charge in [-0.15, -0.1) is 0 Å². The smallest absolute Gasteiger partial charge is 0.303 e. The summed E-state index contributed by atoms with van der Waals surface area (Å²) in [5.41, 5.74) is 1.15. The van der Waals surface area contributed by atoms with E-state index in [2.05, 4.69) is 6.07 Å². The first-order valence-electron chi connectivity index (χ1n) is 10.4. The Morgan fingerprint density at radius 3 is 2.69 bits per heavy atom. The number of fused-ring (bicyclic) bond motifs is 1. The molecule has 32 heavy (non-hydrogen) atoms. The molecule has 2 heterocycles. The van der Waals surface area contributed by atoms with Crippen molar-refractivity contribution in [2.45, 2.75) is 45.1 Å². The summed E-state index contributed by atoms with van der Waals surface area (Å²) in [5.74, 6) is 0.356. The molecule has 0 spiro atoms. The van der Waals surface area contributed by atoms with Crippen molar-refractivity contribution in [3.63, 3.8) is 0 Å². The minimum absolute atomic E-state index is 0.223. The van der Waals surface area contributed by atoms with Gasteiger partial charge in [0.15, 0.2) is 6.10 Å². The molecule has 0 unspecified atom stereocenters. The molecule has 2 aliphatic heterocycles. The van der Waals surface area contributed by atoms with Crippen molar-refractivity contribution in [3.05, 3.63) is 77.1 Å². The maximum Gasteiger partial charge on any atom is 0.303 e. The third-order valence-electron chi connectivity index (χ3n) is 5.59. The number of hydrogen-bond acceptors (Lipinski definition) is 6. The molecule has 2 aromatic carbocycles. The van der Waals surface area contributed by atoms with E-state index in [4.69, 9.17) is 14.2 Å². The molecule has 2 atom stereocenters. The van der Waals surface area contributed by atoms with E-state index in [0.717, 1.165) is 5.56 Å². The van der Waals surface area contributed by atoms with Gasteiger partial charge < -0.3 is 19.1 Å². The normalized spacial score (nSPS) is 21.1. The van der Waals surface area contributed by atoms with Gasteiger partial charge in [0.05, 0.1) is 18.2 Å². The molecule has 2 aliphatic rings. The van der Waals surface area contributed by atoms with Gasteiger partial charge in [-0.2, -0.15) is 5.26 Å². The average molecular weight is 432 g/mol. The predicted octanol–water partition coefficient (Wildman–Crippen LogP) is 3.64. The molecule has 0 fully saturated rings. The zero-order valence-electron chi connectivity index (χ0n) is 18.2. The second kappa shape index (κ2) is 8.39. The standard InChI is InChI=1S/C25H24N2O5/c1-16(28)31-24-23(20-11-18(13-26)9-10-21(20)32-25(24,2)3)27-14-19(12-22(27)29)30-15-17-7-5-4-6-8-17/h4-12,23-24H,14-15H2,1-3H3/t23-,24+/m0/s1. The van der Waals surface area contributed by atoms with Crippen LogP contribution in [0.4, 0.5) is 0 Å². The highest BCUT2D eigenvalue weighted by atomic mass is 16.6. The number of nitrogens with zero attached hydrogens (tertiary/aromatic N) is 2. The van der Waals surface area contributed by atoms with E-state index in [1.165, 1.54) is 13.0 Å². The molecule has 0 saturated heterocycles. The summed E-state index contributed by atoms with van der Waals surface area (Å²) in [4.78, 5) is 26.6. The fourth-order valence-electron chi connectivity index (χ4n) is 4.13. The van der Waals surface area contributed by atoms with Crippen LogP contribution in [0.25, 0.3) is 0 Å². The Hall–Kier alpha value is -3.79. The number of nitriles is 1. The molecule has 7 heteroatoms. The van der Waals surface area contributed by atoms with Crippen LogP contribution in [-0.4, -0.2) is 35.0 Å². The molecule has 4 rings (SSSR count). The number of carbonyl (C=O) groups excluding carboxylic acids is 2. The molecular weight excluding hydrogens is 408 g/mol. The zero-order valence-corrected chi connectivity index (χ0v) is 18.2. The highest BCUT2D eigenvalue weighted by molar-refractivity contribution is 5.91. The van der Waals surface area contributed by atoms with Gasteiger partial charge >= 0.3 is 5.97 Å². The largest absolute Gasteiger partial charge is 0.491 e. The van der Waals surface area contributed by atoms with E-state index in [0.29, 0.717) is 29.2 Å². The molecule has 164 valence electrons. The van der Waals surface area contributed by atoms with Gasteiger partial charge in [-0.25, -0.2) is 0 Å². The highest BCUT2D eigenvalue weighted by Crippen LogP contribution is 2.45. The minimum atomic E-state index is -0.897. The Balaban J connectivity index is 1.65. The Morgan fingerprint density at radius 2 is 2.00 bits per heavy atom. The first-order chi connectivity index (χ1) is 15.3. The first kappa shape index (κ1) is 21.4. The van der Waals surface area contributed by atoms with Crippen molar-refractivity contribution in [1.29, 1.82) is 5.26 Å². The number of ether oxygens (including phenoxy) is 3. The first-order valence-corrected chi connectivity index (χ1v) is 10.4. The lowest BCUT2D eigenvalue weighted by atomic mass is 9.84. The lowest BCUT2D eigenvalue weighted by Gasteiger charge is -2.46. The third-order valence-corrected chi connectivity index (χ3v) is 5.59. The topological polar surface area (TPSA) is 88.9 Å². The third kappa shape index (κ3) is 4.17. The molecule has 2 aromatic rings. The number of hydrogen-bond donors (Lipinski definition) is 0. The van der Waals surface area contributed by atoms with Gasteiger partial charge in [0.2, 0.25) is 0 Å². The number of esters is 1. The second-order valence-electron chi connectivity index (χ2n) is 8.40. The van der Waals surface area contributed by atoms with Crippen LogP contribution in [0.15, 0.2) is 60.4 Å². The van der Waals surface area contributed by atoms with Crippen LogP contribution in [0, 0.1) is 11.3 Å². The fraction of sp³-hybridized carbons (Fsp3) is 0.320. The van der Waals surface area contributed by atoms with Gasteiger partial charge in [0, 0.05) is 18.6 Å². The Kier molecular flexibility index (Phi) is 5.62. The molecule has 1 amide bonds. The molecule has 0 N–H and O–H groups in total. The number of benzene rings is 2. The quantitative estimate of drug-likeness (QED) is 0.670. The fourth-order valence-corrected chi connectivity index (χ4v) is 4.13. The van der Waals surface area contributed by atoms with E-state index in [9.17, 15) is 14.9 Å². The summed E-state index contributed by atoms with van der Waals surface area (Å²) >= 11 is 0. The van der Waals surface area contributed by atoms with Gasteiger partial charge in [-0.05, 0) is 37.6 Å². The monoisotopic (exact) mass is 432 g/mol. The SMILES string of the molecule is CC(=O)O[C@@H]1[C@@H](N2CC(OCc3ccccc3)=CC2=O)c2cc(C#N)ccc2OC1(C)C. The Morgan fingerprint density at radius 1 is 1.25 bits per heavy atom. The Labute approximate surface area is 186 Å². The van der Waals surface area contributed by atoms with E-state index in [-0.39, 0.29) is 12.5 Å². The van der Waals surface area contributed by atoms with Crippen molar-refractivity contribution < 1.29 is 23.8 Å². The number of rotatable bonds is 5. The zero-order chi connectivity index (χ0) is 22.9. The van der Waals surface area contributed by atoms with Crippen LogP contribution >= 0.6 is 0 Å². The number of amides is 1. The van der Waals surface area contributed by atoms with Crippen LogP contribution in [0.3, 0.4) is 0 Å². The van der Waals surface area contributed by atoms with Crippen LogP contribution in [0.5, 0.6) is 5.75 Å². The lowest BCUT2D eigenvalue weighted by molar-refractivity contribution is -0.171. The van der Waals surface area contributed by atoms with Crippen LogP contribution < -0.4 is 4.74 Å². The summed E-state index contributed by atoms with van der Waals surface area (Å²) in [7, 11) is 0. The van der Waals surface area contributed by atoms with E-state index >= 15 is 0 Å². The van der Waals surface area contributed by atoms with Crippen molar-refractivity contribution in [2.75, 3.05) is 6.54 Å². The van der Waals surface area contributed by atoms with E-state index < -0.39 is 23.7 Å². The van der Waals surface area contributed by atoms with Crippen LogP contribution in [-0.2, 0) is 25.7 Å². The van der Waals surface area contributed by atoms with Crippen molar-refractivity contribution in [2.24, 2.45) is 0 Å². The van der Waals surface area contributed by atoms with Crippen LogP contribution in [0.1, 0.15) is 43.5 Å². The number of carbonyl (C=O) groups is 2. The van der Waals surface area contributed by atoms with Crippen molar-refractivity contribution >= 4 is 11.9 Å². The van der Waals surface area contributed by atoms with E-state index in [1.54, 1.807) is 23.1 Å². The maximum atomic E-state index is 13.0. The minimum Gasteiger partial charge on any atom is -0.491 e. The molecule has 0 radical (unpaired) electrons. The van der Waals surface area contributed by atoms with Gasteiger partial charge in [-0.1, -0.05) is 30.3 Å². The summed E-state index contributed by atoms with van der Waals surface area (Å²) in [6, 6.07) is 16.2. The molecule has 0 aromatic heterocycles. The maximum absolute atomic E-state index is 13.0. The Bertz CT molecular complexity index is 1120. The molecule has 0 bridgehead atoms. The molecular formula is C25H24N2O5. The van der Waals surface area contributed by atoms with Gasteiger partial charge in [0.1, 0.15) is 29.8 Å². The molecule has 0 aliphatic carbocycles. The molecule has 0 saturated carbocycles. The van der Waals surface area contributed by atoms with Crippen molar-refractivity contribution in [3.8, 4) is 11.8 Å². The van der Waals surface area contributed by atoms with Gasteiger partial charge in [-0.3, -0.25) is 9.59 Å². The van der Waals surface area contributed by atoms with Crippen molar-refractivity contribution in [1.82, 2.24) is 4.90 Å². The summed E-state index contributed by atoms with van der Waals surface area (Å²) < 4.78 is 17.7. The lowest BCUT2D eigenvalue weighted by Crippen LogP contribution is -2.55. The van der Waals surface area contributed by atoms with Gasteiger partial charge in [0.25, 0.3) is 5.91 Å². The van der Waals surface area contributed by atoms with E-state index in [1.807, 2.05) is 44.2 Å². The average Bonchev–Trinajstić information content (AvgIpc) is 3.13. The predicted molar refractivity (Wildman–Crippen MR) is 115 cm³/mol. The molecule has 7 nitrogen and oxygen atoms in total. The second-order valence-corrected chi connectivity index (χ2v) is 8.40. The van der Waals surface area contributed by atoms with Crippen LogP contribution in [0.2, 0.25) is 0 Å². The summed E-state index contributed by atoms with van der Waals surface area (Å²) in [6.45, 7) is 5.52. The highest BCUT2D eigenvalue weighted by Gasteiger charge is 2.50. The summed E-state index contributed by atoms with van der Waals surface area (Å²) in [6.07, 6.45) is 0.691. The summed E-state index contributed by atoms with van der Waals surface area (Å²) in [5, 5.41) is 9.39.